The summed E-state index contributed by atoms with van der Waals surface area (Å²) in [7, 11) is 0. The normalized spacial score (nSPS) is 22.2. The van der Waals surface area contributed by atoms with Crippen molar-refractivity contribution in [2.75, 3.05) is 19.6 Å². The zero-order valence-corrected chi connectivity index (χ0v) is 12.3. The highest BCUT2D eigenvalue weighted by atomic mass is 32.1. The smallest absolute Gasteiger partial charge is 0.0791 e. The molecule has 0 saturated carbocycles. The van der Waals surface area contributed by atoms with Gasteiger partial charge in [-0.2, -0.15) is 0 Å². The molecule has 0 amide bonds. The number of thiophene rings is 1. The minimum atomic E-state index is -0.282. The van der Waals surface area contributed by atoms with Crippen molar-refractivity contribution in [3.63, 3.8) is 0 Å². The fourth-order valence-corrected chi connectivity index (χ4v) is 3.48. The zero-order valence-electron chi connectivity index (χ0n) is 11.5. The molecule has 18 heavy (non-hydrogen) atoms. The first kappa shape index (κ1) is 14.0. The molecule has 1 aliphatic heterocycles. The first-order chi connectivity index (χ1) is 8.58. The molecule has 0 aromatic carbocycles. The van der Waals surface area contributed by atoms with E-state index in [1.807, 2.05) is 11.3 Å². The van der Waals surface area contributed by atoms with Crippen molar-refractivity contribution in [1.82, 2.24) is 10.2 Å². The second-order valence-electron chi connectivity index (χ2n) is 5.44. The molecule has 3 nitrogen and oxygen atoms in total. The summed E-state index contributed by atoms with van der Waals surface area (Å²) in [5.74, 6) is 0. The minimum Gasteiger partial charge on any atom is -0.390 e. The summed E-state index contributed by atoms with van der Waals surface area (Å²) >= 11 is 1.86. The van der Waals surface area contributed by atoms with Crippen LogP contribution in [0.1, 0.15) is 37.3 Å². The highest BCUT2D eigenvalue weighted by Crippen LogP contribution is 2.32. The largest absolute Gasteiger partial charge is 0.390 e. The van der Waals surface area contributed by atoms with Gasteiger partial charge in [-0.3, -0.25) is 4.90 Å². The summed E-state index contributed by atoms with van der Waals surface area (Å²) in [4.78, 5) is 3.91. The van der Waals surface area contributed by atoms with Crippen LogP contribution in [-0.4, -0.2) is 41.8 Å². The van der Waals surface area contributed by atoms with Crippen LogP contribution in [0.25, 0.3) is 0 Å². The summed E-state index contributed by atoms with van der Waals surface area (Å²) < 4.78 is 0. The first-order valence-electron chi connectivity index (χ1n) is 6.79. The van der Waals surface area contributed by atoms with E-state index in [4.69, 9.17) is 0 Å². The Morgan fingerprint density at radius 1 is 1.56 bits per heavy atom. The Morgan fingerprint density at radius 3 is 3.06 bits per heavy atom. The van der Waals surface area contributed by atoms with Crippen LogP contribution in [0.5, 0.6) is 0 Å². The molecule has 2 atom stereocenters. The summed E-state index contributed by atoms with van der Waals surface area (Å²) in [6.07, 6.45) is 0.844. The lowest BCUT2D eigenvalue weighted by Crippen LogP contribution is -2.43. The van der Waals surface area contributed by atoms with Gasteiger partial charge in [0.05, 0.1) is 6.10 Å². The number of rotatable bonds is 5. The number of hydrogen-bond donors (Lipinski definition) is 2. The van der Waals surface area contributed by atoms with E-state index in [9.17, 15) is 5.11 Å². The summed E-state index contributed by atoms with van der Waals surface area (Å²) in [6.45, 7) is 8.95. The Morgan fingerprint density at radius 2 is 2.33 bits per heavy atom. The van der Waals surface area contributed by atoms with Crippen molar-refractivity contribution in [3.8, 4) is 0 Å². The Hall–Kier alpha value is -0.420. The maximum Gasteiger partial charge on any atom is 0.0791 e. The molecule has 1 aliphatic rings. The average Bonchev–Trinajstić information content (AvgIpc) is 2.79. The minimum absolute atomic E-state index is 0.282. The van der Waals surface area contributed by atoms with Gasteiger partial charge in [0.25, 0.3) is 0 Å². The predicted octanol–water partition coefficient (Wildman–Crippen LogP) is 2.03. The molecule has 0 fully saturated rings. The standard InChI is InChI=1S/C14H24N2OS/c1-10(2)15-8-12(17)9-16-6-4-14-13(11(16)3)5-7-18-14/h5,7,10-12,15,17H,4,6,8-9H2,1-3H3. The Balaban J connectivity index is 1.87. The van der Waals surface area contributed by atoms with Gasteiger partial charge in [0.2, 0.25) is 0 Å². The van der Waals surface area contributed by atoms with Gasteiger partial charge < -0.3 is 10.4 Å². The number of aliphatic hydroxyl groups excluding tert-OH is 1. The van der Waals surface area contributed by atoms with E-state index in [-0.39, 0.29) is 6.10 Å². The Kier molecular flexibility index (Phi) is 4.78. The van der Waals surface area contributed by atoms with E-state index in [0.717, 1.165) is 19.5 Å². The maximum atomic E-state index is 10.1. The zero-order chi connectivity index (χ0) is 13.1. The van der Waals surface area contributed by atoms with E-state index in [1.54, 1.807) is 0 Å². The lowest BCUT2D eigenvalue weighted by Gasteiger charge is -2.35. The molecule has 2 heterocycles. The van der Waals surface area contributed by atoms with E-state index in [1.165, 1.54) is 10.4 Å². The van der Waals surface area contributed by atoms with Gasteiger partial charge in [-0.05, 0) is 30.4 Å². The van der Waals surface area contributed by atoms with Crippen molar-refractivity contribution in [1.29, 1.82) is 0 Å². The van der Waals surface area contributed by atoms with E-state index >= 15 is 0 Å². The monoisotopic (exact) mass is 268 g/mol. The molecular weight excluding hydrogens is 244 g/mol. The van der Waals surface area contributed by atoms with Crippen LogP contribution in [-0.2, 0) is 6.42 Å². The Bertz CT molecular complexity index is 378. The molecule has 1 aromatic rings. The van der Waals surface area contributed by atoms with Gasteiger partial charge in [-0.15, -0.1) is 11.3 Å². The van der Waals surface area contributed by atoms with Gasteiger partial charge in [0.15, 0.2) is 0 Å². The van der Waals surface area contributed by atoms with Crippen LogP contribution in [0.4, 0.5) is 0 Å². The number of β-amino-alcohol motifs (C(OH)–C–C–N with tert-alkyl or cyclic N) is 1. The summed E-state index contributed by atoms with van der Waals surface area (Å²) in [6, 6.07) is 3.10. The fraction of sp³-hybridized carbons (Fsp3) is 0.714. The number of hydrogen-bond acceptors (Lipinski definition) is 4. The number of nitrogens with one attached hydrogen (secondary N) is 1. The highest BCUT2D eigenvalue weighted by molar-refractivity contribution is 7.10. The molecule has 4 heteroatoms. The Labute approximate surface area is 114 Å². The van der Waals surface area contributed by atoms with Gasteiger partial charge in [-0.1, -0.05) is 13.8 Å². The van der Waals surface area contributed by atoms with E-state index < -0.39 is 0 Å². The lowest BCUT2D eigenvalue weighted by molar-refractivity contribution is 0.0852. The lowest BCUT2D eigenvalue weighted by atomic mass is 10.0. The number of aliphatic hydroxyl groups is 1. The predicted molar refractivity (Wildman–Crippen MR) is 77.2 cm³/mol. The summed E-state index contributed by atoms with van der Waals surface area (Å²) in [5.41, 5.74) is 1.45. The molecule has 2 N–H and O–H groups in total. The highest BCUT2D eigenvalue weighted by Gasteiger charge is 2.25. The number of nitrogens with zero attached hydrogens (tertiary/aromatic N) is 1. The van der Waals surface area contributed by atoms with Gasteiger partial charge in [0.1, 0.15) is 0 Å². The average molecular weight is 268 g/mol. The third-order valence-corrected chi connectivity index (χ3v) is 4.61. The van der Waals surface area contributed by atoms with Gasteiger partial charge >= 0.3 is 0 Å². The van der Waals surface area contributed by atoms with Gasteiger partial charge in [0, 0.05) is 36.6 Å². The molecule has 2 rings (SSSR count). The van der Waals surface area contributed by atoms with E-state index in [2.05, 4.69) is 42.4 Å². The number of fused-ring (bicyclic) bond motifs is 1. The SMILES string of the molecule is CC(C)NCC(O)CN1CCc2sccc2C1C. The molecule has 102 valence electrons. The van der Waals surface area contributed by atoms with Crippen LogP contribution < -0.4 is 5.32 Å². The van der Waals surface area contributed by atoms with Gasteiger partial charge in [-0.25, -0.2) is 0 Å². The topological polar surface area (TPSA) is 35.5 Å². The van der Waals surface area contributed by atoms with Crippen LogP contribution in [0, 0.1) is 0 Å². The third-order valence-electron chi connectivity index (χ3n) is 3.61. The van der Waals surface area contributed by atoms with Crippen LogP contribution in [0.2, 0.25) is 0 Å². The van der Waals surface area contributed by atoms with Crippen LogP contribution in [0.3, 0.4) is 0 Å². The van der Waals surface area contributed by atoms with Crippen molar-refractivity contribution < 1.29 is 5.11 Å². The van der Waals surface area contributed by atoms with Crippen molar-refractivity contribution in [2.24, 2.45) is 0 Å². The fourth-order valence-electron chi connectivity index (χ4n) is 2.52. The third kappa shape index (κ3) is 3.32. The molecule has 0 aliphatic carbocycles. The van der Waals surface area contributed by atoms with Crippen molar-refractivity contribution in [3.05, 3.63) is 21.9 Å². The maximum absolute atomic E-state index is 10.1. The second kappa shape index (κ2) is 6.15. The molecule has 0 saturated heterocycles. The molecule has 0 spiro atoms. The second-order valence-corrected chi connectivity index (χ2v) is 6.44. The molecular formula is C14H24N2OS. The first-order valence-corrected chi connectivity index (χ1v) is 7.67. The molecule has 1 aromatic heterocycles. The van der Waals surface area contributed by atoms with Crippen LogP contribution >= 0.6 is 11.3 Å². The quantitative estimate of drug-likeness (QED) is 0.858. The van der Waals surface area contributed by atoms with E-state index in [0.29, 0.717) is 18.6 Å². The van der Waals surface area contributed by atoms with Crippen molar-refractivity contribution >= 4 is 11.3 Å². The van der Waals surface area contributed by atoms with Crippen LogP contribution in [0.15, 0.2) is 11.4 Å². The molecule has 0 radical (unpaired) electrons. The molecule has 2 unspecified atom stereocenters. The molecule has 0 bridgehead atoms. The van der Waals surface area contributed by atoms with Crippen molar-refractivity contribution in [2.45, 2.75) is 45.4 Å². The summed E-state index contributed by atoms with van der Waals surface area (Å²) in [5, 5.41) is 15.5.